The smallest absolute Gasteiger partial charge is 0.454 e. The molecule has 0 aromatic rings. The number of aliphatic hydroxyl groups is 1. The standard InChI is InChI=1S/C6H12O2.C3H2F6O/c1-5(7)8-6(2,3)4;4-1(5)2(6,10)3(7,8)9/h1-4H3;1,10H. The van der Waals surface area contributed by atoms with E-state index in [2.05, 4.69) is 0 Å². The highest BCUT2D eigenvalue weighted by atomic mass is 19.4. The minimum absolute atomic E-state index is 0.225. The molecule has 0 saturated carbocycles. The number of carbonyl (C=O) groups excluding carboxylic acids is 1. The van der Waals surface area contributed by atoms with Crippen LogP contribution in [0.5, 0.6) is 0 Å². The van der Waals surface area contributed by atoms with E-state index in [0.717, 1.165) is 0 Å². The third kappa shape index (κ3) is 8.15. The molecule has 0 aromatic heterocycles. The van der Waals surface area contributed by atoms with Crippen LogP contribution < -0.4 is 0 Å². The van der Waals surface area contributed by atoms with Gasteiger partial charge in [-0.25, -0.2) is 8.78 Å². The Morgan fingerprint density at radius 2 is 1.44 bits per heavy atom. The molecular formula is C9H14F6O3. The molecule has 0 bridgehead atoms. The molecule has 1 atom stereocenters. The summed E-state index contributed by atoms with van der Waals surface area (Å²) in [6.07, 6.45) is -10.4. The molecule has 0 aliphatic carbocycles. The van der Waals surface area contributed by atoms with Crippen molar-refractivity contribution in [2.75, 3.05) is 0 Å². The fraction of sp³-hybridized carbons (Fsp3) is 0.889. The third-order valence-electron chi connectivity index (χ3n) is 1.14. The number of rotatable bonds is 1. The second-order valence-electron chi connectivity index (χ2n) is 4.18. The first-order valence-electron chi connectivity index (χ1n) is 4.57. The number of esters is 1. The van der Waals surface area contributed by atoms with E-state index in [0.29, 0.717) is 0 Å². The monoisotopic (exact) mass is 284 g/mol. The van der Waals surface area contributed by atoms with Crippen molar-refractivity contribution in [3.63, 3.8) is 0 Å². The number of hydrogen-bond acceptors (Lipinski definition) is 3. The van der Waals surface area contributed by atoms with Gasteiger partial charge in [0.25, 0.3) is 0 Å². The Hall–Kier alpha value is -0.990. The van der Waals surface area contributed by atoms with Gasteiger partial charge in [0.05, 0.1) is 0 Å². The van der Waals surface area contributed by atoms with E-state index >= 15 is 0 Å². The quantitative estimate of drug-likeness (QED) is 0.595. The normalized spacial score (nSPS) is 15.6. The summed E-state index contributed by atoms with van der Waals surface area (Å²) in [5.41, 5.74) is -0.328. The number of halogens is 6. The van der Waals surface area contributed by atoms with E-state index in [4.69, 9.17) is 9.84 Å². The Morgan fingerprint density at radius 3 is 1.44 bits per heavy atom. The van der Waals surface area contributed by atoms with Crippen LogP contribution in [0, 0.1) is 0 Å². The van der Waals surface area contributed by atoms with Crippen molar-refractivity contribution in [1.29, 1.82) is 0 Å². The molecule has 110 valence electrons. The molecular weight excluding hydrogens is 270 g/mol. The summed E-state index contributed by atoms with van der Waals surface area (Å²) in [7, 11) is 0. The van der Waals surface area contributed by atoms with Crippen molar-refractivity contribution in [1.82, 2.24) is 0 Å². The first-order chi connectivity index (χ1) is 7.61. The number of ether oxygens (including phenoxy) is 1. The van der Waals surface area contributed by atoms with Crippen molar-refractivity contribution in [2.45, 2.75) is 51.8 Å². The highest BCUT2D eigenvalue weighted by Gasteiger charge is 2.62. The van der Waals surface area contributed by atoms with Gasteiger partial charge < -0.3 is 9.84 Å². The number of alkyl halides is 6. The highest BCUT2D eigenvalue weighted by molar-refractivity contribution is 5.66. The number of hydrogen-bond donors (Lipinski definition) is 1. The van der Waals surface area contributed by atoms with Crippen LogP contribution in [0.1, 0.15) is 27.7 Å². The van der Waals surface area contributed by atoms with E-state index in [1.54, 1.807) is 0 Å². The van der Waals surface area contributed by atoms with Crippen molar-refractivity contribution < 1.29 is 41.0 Å². The maximum Gasteiger partial charge on any atom is 0.454 e. The second kappa shape index (κ2) is 6.26. The fourth-order valence-corrected chi connectivity index (χ4v) is 0.555. The van der Waals surface area contributed by atoms with Crippen molar-refractivity contribution >= 4 is 5.97 Å². The average Bonchev–Trinajstić information content (AvgIpc) is 1.96. The van der Waals surface area contributed by atoms with Gasteiger partial charge in [-0.3, -0.25) is 4.79 Å². The first-order valence-corrected chi connectivity index (χ1v) is 4.57. The molecule has 0 rings (SSSR count). The topological polar surface area (TPSA) is 46.5 Å². The van der Waals surface area contributed by atoms with Crippen LogP contribution in [0.2, 0.25) is 0 Å². The second-order valence-corrected chi connectivity index (χ2v) is 4.18. The summed E-state index contributed by atoms with van der Waals surface area (Å²) in [5, 5.41) is 7.39. The van der Waals surface area contributed by atoms with E-state index in [-0.39, 0.29) is 11.6 Å². The van der Waals surface area contributed by atoms with Crippen LogP contribution in [0.4, 0.5) is 26.3 Å². The Bertz CT molecular complexity index is 266. The van der Waals surface area contributed by atoms with Gasteiger partial charge >= 0.3 is 24.4 Å². The molecule has 0 aliphatic heterocycles. The molecule has 0 aromatic carbocycles. The molecule has 18 heavy (non-hydrogen) atoms. The summed E-state index contributed by atoms with van der Waals surface area (Å²) in [4.78, 5) is 10.2. The maximum atomic E-state index is 11.4. The van der Waals surface area contributed by atoms with E-state index in [1.165, 1.54) is 6.92 Å². The zero-order valence-corrected chi connectivity index (χ0v) is 10.1. The fourth-order valence-electron chi connectivity index (χ4n) is 0.555. The molecule has 0 radical (unpaired) electrons. The third-order valence-corrected chi connectivity index (χ3v) is 1.14. The van der Waals surface area contributed by atoms with Gasteiger partial charge in [0.2, 0.25) is 0 Å². The van der Waals surface area contributed by atoms with E-state index in [9.17, 15) is 31.1 Å². The molecule has 0 heterocycles. The predicted molar refractivity (Wildman–Crippen MR) is 49.6 cm³/mol. The summed E-state index contributed by atoms with van der Waals surface area (Å²) in [6.45, 7) is 6.93. The molecule has 3 nitrogen and oxygen atoms in total. The Kier molecular flexibility index (Phi) is 6.73. The molecule has 1 unspecified atom stereocenters. The maximum absolute atomic E-state index is 11.4. The van der Waals surface area contributed by atoms with Crippen molar-refractivity contribution in [3.8, 4) is 0 Å². The zero-order valence-electron chi connectivity index (χ0n) is 10.1. The van der Waals surface area contributed by atoms with Gasteiger partial charge in [-0.1, -0.05) is 0 Å². The lowest BCUT2D eigenvalue weighted by atomic mass is 10.2. The molecule has 0 aliphatic rings. The molecule has 9 heteroatoms. The molecule has 0 saturated heterocycles. The summed E-state index contributed by atoms with van der Waals surface area (Å²) in [6, 6.07) is 0. The van der Waals surface area contributed by atoms with Gasteiger partial charge in [-0.2, -0.15) is 17.6 Å². The molecule has 0 fully saturated rings. The summed E-state index contributed by atoms with van der Waals surface area (Å²) in [5.74, 6) is -5.62. The number of carbonyl (C=O) groups is 1. The predicted octanol–water partition coefficient (Wildman–Crippen LogP) is 2.82. The van der Waals surface area contributed by atoms with Gasteiger partial charge in [0.1, 0.15) is 5.60 Å². The van der Waals surface area contributed by atoms with Crippen LogP contribution in [0.15, 0.2) is 0 Å². The minimum Gasteiger partial charge on any atom is -0.460 e. The summed E-state index contributed by atoms with van der Waals surface area (Å²) < 4.78 is 71.1. The Morgan fingerprint density at radius 1 is 1.11 bits per heavy atom. The van der Waals surface area contributed by atoms with E-state index in [1.807, 2.05) is 20.8 Å². The van der Waals surface area contributed by atoms with Crippen LogP contribution in [-0.2, 0) is 9.53 Å². The van der Waals surface area contributed by atoms with Crippen LogP contribution >= 0.6 is 0 Å². The Labute approximate surface area is 99.7 Å². The lowest BCUT2D eigenvalue weighted by Crippen LogP contribution is -2.47. The van der Waals surface area contributed by atoms with Crippen molar-refractivity contribution in [3.05, 3.63) is 0 Å². The summed E-state index contributed by atoms with van der Waals surface area (Å²) >= 11 is 0. The van der Waals surface area contributed by atoms with E-state index < -0.39 is 18.5 Å². The molecule has 0 spiro atoms. The van der Waals surface area contributed by atoms with Crippen LogP contribution in [-0.4, -0.2) is 35.1 Å². The van der Waals surface area contributed by atoms with Gasteiger partial charge in [0, 0.05) is 6.92 Å². The first kappa shape index (κ1) is 19.4. The van der Waals surface area contributed by atoms with Crippen molar-refractivity contribution in [2.24, 2.45) is 0 Å². The van der Waals surface area contributed by atoms with Gasteiger partial charge in [0.15, 0.2) is 0 Å². The van der Waals surface area contributed by atoms with Gasteiger partial charge in [-0.15, -0.1) is 0 Å². The lowest BCUT2D eigenvalue weighted by molar-refractivity contribution is -0.352. The Balaban J connectivity index is 0. The average molecular weight is 284 g/mol. The highest BCUT2D eigenvalue weighted by Crippen LogP contribution is 2.36. The minimum atomic E-state index is -5.94. The van der Waals surface area contributed by atoms with Gasteiger partial charge in [-0.05, 0) is 20.8 Å². The largest absolute Gasteiger partial charge is 0.460 e. The zero-order chi connectivity index (χ0) is 15.4. The van der Waals surface area contributed by atoms with Crippen LogP contribution in [0.3, 0.4) is 0 Å². The molecule has 0 amide bonds. The SMILES string of the molecule is CC(=O)OC(C)(C)C.OC(F)(C(F)F)C(F)(F)F. The molecule has 1 N–H and O–H groups in total. The lowest BCUT2D eigenvalue weighted by Gasteiger charge is -2.20. The van der Waals surface area contributed by atoms with Crippen LogP contribution in [0.25, 0.3) is 0 Å².